The Bertz CT molecular complexity index is 993. The van der Waals surface area contributed by atoms with Crippen molar-refractivity contribution in [3.8, 4) is 0 Å². The van der Waals surface area contributed by atoms with Crippen molar-refractivity contribution in [2.75, 3.05) is 6.54 Å². The third-order valence-electron chi connectivity index (χ3n) is 4.41. The van der Waals surface area contributed by atoms with Crippen molar-refractivity contribution in [3.05, 3.63) is 99.7 Å². The van der Waals surface area contributed by atoms with Gasteiger partial charge in [0.15, 0.2) is 5.82 Å². The van der Waals surface area contributed by atoms with Gasteiger partial charge in [-0.25, -0.2) is 4.98 Å². The minimum Gasteiger partial charge on any atom is -0.365 e. The van der Waals surface area contributed by atoms with Gasteiger partial charge in [0, 0.05) is 12.7 Å². The van der Waals surface area contributed by atoms with E-state index in [-0.39, 0.29) is 17.4 Å². The average molecular weight is 376 g/mol. The Hall–Kier alpha value is -3.74. The predicted octanol–water partition coefficient (Wildman–Crippen LogP) is 2.12. The van der Waals surface area contributed by atoms with E-state index < -0.39 is 17.4 Å². The lowest BCUT2D eigenvalue weighted by Crippen LogP contribution is -2.38. The van der Waals surface area contributed by atoms with E-state index in [1.54, 1.807) is 4.90 Å². The van der Waals surface area contributed by atoms with Gasteiger partial charge >= 0.3 is 0 Å². The number of aromatic nitrogens is 2. The first kappa shape index (κ1) is 19.0. The third-order valence-corrected chi connectivity index (χ3v) is 4.41. The van der Waals surface area contributed by atoms with Crippen LogP contribution in [-0.4, -0.2) is 33.2 Å². The topological polar surface area (TPSA) is 109 Å². The van der Waals surface area contributed by atoms with Crippen molar-refractivity contribution >= 4 is 11.8 Å². The van der Waals surface area contributed by atoms with Crippen LogP contribution in [0.15, 0.2) is 71.7 Å². The van der Waals surface area contributed by atoms with Gasteiger partial charge in [0.25, 0.3) is 17.4 Å². The molecule has 0 aliphatic rings. The van der Waals surface area contributed by atoms with E-state index in [1.165, 1.54) is 0 Å². The quantitative estimate of drug-likeness (QED) is 0.687. The van der Waals surface area contributed by atoms with E-state index in [9.17, 15) is 14.4 Å². The van der Waals surface area contributed by atoms with Gasteiger partial charge < -0.3 is 15.6 Å². The second kappa shape index (κ2) is 8.30. The second-order valence-corrected chi connectivity index (χ2v) is 6.15. The van der Waals surface area contributed by atoms with Crippen LogP contribution in [0.5, 0.6) is 0 Å². The highest BCUT2D eigenvalue weighted by Crippen LogP contribution is 2.29. The summed E-state index contributed by atoms with van der Waals surface area (Å²) in [4.78, 5) is 44.4. The molecule has 0 radical (unpaired) electrons. The number of carbonyl (C=O) groups is 2. The highest BCUT2D eigenvalue weighted by Gasteiger charge is 2.28. The number of hydrogen-bond donors (Lipinski definition) is 2. The lowest BCUT2D eigenvalue weighted by atomic mass is 9.97. The molecule has 1 heterocycles. The second-order valence-electron chi connectivity index (χ2n) is 6.15. The molecule has 0 saturated heterocycles. The summed E-state index contributed by atoms with van der Waals surface area (Å²) in [6.07, 6.45) is 1.03. The Labute approximate surface area is 161 Å². The van der Waals surface area contributed by atoms with E-state index in [0.29, 0.717) is 6.54 Å². The number of amides is 2. The molecular formula is C21H20N4O3. The van der Waals surface area contributed by atoms with Crippen molar-refractivity contribution in [1.82, 2.24) is 14.9 Å². The predicted molar refractivity (Wildman–Crippen MR) is 105 cm³/mol. The van der Waals surface area contributed by atoms with Gasteiger partial charge in [0.1, 0.15) is 5.56 Å². The third kappa shape index (κ3) is 3.83. The number of aromatic amines is 1. The number of benzene rings is 2. The van der Waals surface area contributed by atoms with Crippen LogP contribution in [0, 0.1) is 0 Å². The molecule has 0 fully saturated rings. The number of carbonyl (C=O) groups excluding carboxylic acids is 2. The summed E-state index contributed by atoms with van der Waals surface area (Å²) >= 11 is 0. The summed E-state index contributed by atoms with van der Waals surface area (Å²) in [6.45, 7) is 2.24. The summed E-state index contributed by atoms with van der Waals surface area (Å²) in [5, 5.41) is 0. The standard InChI is InChI=1S/C21H20N4O3/c1-2-25(21(28)19-23-13-16(18(22)26)20(27)24-19)17(14-9-5-3-6-10-14)15-11-7-4-8-12-15/h3-13,17H,2H2,1H3,(H2,22,26)(H,23,24,27). The van der Waals surface area contributed by atoms with Crippen LogP contribution in [0.4, 0.5) is 0 Å². The van der Waals surface area contributed by atoms with E-state index in [1.807, 2.05) is 67.6 Å². The summed E-state index contributed by atoms with van der Waals surface area (Å²) in [5.74, 6) is -1.49. The lowest BCUT2D eigenvalue weighted by molar-refractivity contribution is 0.0703. The molecule has 2 amide bonds. The minimum absolute atomic E-state index is 0.145. The first-order valence-electron chi connectivity index (χ1n) is 8.83. The molecule has 2 aromatic carbocycles. The maximum atomic E-state index is 13.2. The molecule has 28 heavy (non-hydrogen) atoms. The molecule has 7 heteroatoms. The maximum Gasteiger partial charge on any atom is 0.290 e. The van der Waals surface area contributed by atoms with E-state index in [2.05, 4.69) is 9.97 Å². The number of H-pyrrole nitrogens is 1. The number of rotatable bonds is 6. The van der Waals surface area contributed by atoms with Crippen molar-refractivity contribution in [2.45, 2.75) is 13.0 Å². The first-order valence-corrected chi connectivity index (χ1v) is 8.83. The molecular weight excluding hydrogens is 356 g/mol. The van der Waals surface area contributed by atoms with Crippen LogP contribution in [-0.2, 0) is 0 Å². The fourth-order valence-electron chi connectivity index (χ4n) is 3.08. The van der Waals surface area contributed by atoms with E-state index >= 15 is 0 Å². The molecule has 0 spiro atoms. The van der Waals surface area contributed by atoms with Crippen LogP contribution < -0.4 is 11.3 Å². The Morgan fingerprint density at radius 2 is 1.57 bits per heavy atom. The molecule has 3 rings (SSSR count). The molecule has 142 valence electrons. The van der Waals surface area contributed by atoms with Crippen LogP contribution in [0.3, 0.4) is 0 Å². The molecule has 1 aromatic heterocycles. The largest absolute Gasteiger partial charge is 0.365 e. The molecule has 0 saturated carbocycles. The number of hydrogen-bond acceptors (Lipinski definition) is 4. The number of nitrogens with zero attached hydrogens (tertiary/aromatic N) is 2. The zero-order valence-corrected chi connectivity index (χ0v) is 15.3. The van der Waals surface area contributed by atoms with Crippen molar-refractivity contribution in [3.63, 3.8) is 0 Å². The summed E-state index contributed by atoms with van der Waals surface area (Å²) < 4.78 is 0. The summed E-state index contributed by atoms with van der Waals surface area (Å²) in [6, 6.07) is 18.9. The van der Waals surface area contributed by atoms with E-state index in [4.69, 9.17) is 5.73 Å². The molecule has 0 bridgehead atoms. The SMILES string of the molecule is CCN(C(=O)c1ncc(C(N)=O)c(=O)[nH]1)C(c1ccccc1)c1ccccc1. The van der Waals surface area contributed by atoms with Gasteiger partial charge in [-0.05, 0) is 18.1 Å². The Morgan fingerprint density at radius 1 is 1.04 bits per heavy atom. The van der Waals surface area contributed by atoms with Crippen molar-refractivity contribution in [2.24, 2.45) is 5.73 Å². The maximum absolute atomic E-state index is 13.2. The van der Waals surface area contributed by atoms with Gasteiger partial charge in [-0.1, -0.05) is 60.7 Å². The lowest BCUT2D eigenvalue weighted by Gasteiger charge is -2.31. The molecule has 7 nitrogen and oxygen atoms in total. The van der Waals surface area contributed by atoms with Gasteiger partial charge in [0.05, 0.1) is 6.04 Å². The minimum atomic E-state index is -0.897. The highest BCUT2D eigenvalue weighted by molar-refractivity contribution is 5.94. The fourth-order valence-corrected chi connectivity index (χ4v) is 3.08. The monoisotopic (exact) mass is 376 g/mol. The fraction of sp³-hybridized carbons (Fsp3) is 0.143. The van der Waals surface area contributed by atoms with Crippen molar-refractivity contribution < 1.29 is 9.59 Å². The van der Waals surface area contributed by atoms with Crippen LogP contribution in [0.2, 0.25) is 0 Å². The average Bonchev–Trinajstić information content (AvgIpc) is 2.72. The zero-order chi connectivity index (χ0) is 20.1. The zero-order valence-electron chi connectivity index (χ0n) is 15.3. The number of nitrogens with one attached hydrogen (secondary N) is 1. The van der Waals surface area contributed by atoms with Gasteiger partial charge in [-0.2, -0.15) is 0 Å². The van der Waals surface area contributed by atoms with Crippen LogP contribution >= 0.6 is 0 Å². The van der Waals surface area contributed by atoms with Crippen LogP contribution in [0.25, 0.3) is 0 Å². The Balaban J connectivity index is 2.05. The Morgan fingerprint density at radius 3 is 2.00 bits per heavy atom. The highest BCUT2D eigenvalue weighted by atomic mass is 16.2. The molecule has 3 aromatic rings. The van der Waals surface area contributed by atoms with Gasteiger partial charge in [0.2, 0.25) is 0 Å². The summed E-state index contributed by atoms with van der Waals surface area (Å²) in [5.41, 5.74) is 5.97. The van der Waals surface area contributed by atoms with Crippen molar-refractivity contribution in [1.29, 1.82) is 0 Å². The normalized spacial score (nSPS) is 10.6. The van der Waals surface area contributed by atoms with Gasteiger partial charge in [-0.15, -0.1) is 0 Å². The number of nitrogens with two attached hydrogens (primary N) is 1. The molecule has 0 aliphatic heterocycles. The summed E-state index contributed by atoms with van der Waals surface area (Å²) in [7, 11) is 0. The smallest absolute Gasteiger partial charge is 0.290 e. The Kier molecular flexibility index (Phi) is 5.64. The molecule has 0 unspecified atom stereocenters. The first-order chi connectivity index (χ1) is 13.5. The van der Waals surface area contributed by atoms with Crippen LogP contribution in [0.1, 0.15) is 45.1 Å². The number of primary amides is 1. The molecule has 3 N–H and O–H groups in total. The van der Waals surface area contributed by atoms with E-state index in [0.717, 1.165) is 17.3 Å². The molecule has 0 atom stereocenters. The molecule has 0 aliphatic carbocycles. The van der Waals surface area contributed by atoms with Gasteiger partial charge in [-0.3, -0.25) is 14.4 Å².